The highest BCUT2D eigenvalue weighted by Gasteiger charge is 2.29. The van der Waals surface area contributed by atoms with Gasteiger partial charge in [0.1, 0.15) is 11.5 Å². The van der Waals surface area contributed by atoms with E-state index in [2.05, 4.69) is 20.1 Å². The van der Waals surface area contributed by atoms with Crippen LogP contribution in [0.25, 0.3) is 11.5 Å². The molecule has 1 fully saturated rings. The van der Waals surface area contributed by atoms with Crippen LogP contribution in [0.3, 0.4) is 0 Å². The Morgan fingerprint density at radius 2 is 2.28 bits per heavy atom. The monoisotopic (exact) mass is 245 g/mol. The molecule has 2 aromatic rings. The molecule has 6 nitrogen and oxygen atoms in total. The van der Waals surface area contributed by atoms with Crippen molar-refractivity contribution in [3.63, 3.8) is 0 Å². The molecule has 6 heteroatoms. The zero-order chi connectivity index (χ0) is 12.5. The lowest BCUT2D eigenvalue weighted by atomic mass is 10.1. The van der Waals surface area contributed by atoms with E-state index < -0.39 is 0 Å². The molecular formula is C12H15N5O. The predicted molar refractivity (Wildman–Crippen MR) is 64.5 cm³/mol. The molecule has 3 rings (SSSR count). The van der Waals surface area contributed by atoms with E-state index in [4.69, 9.17) is 10.3 Å². The van der Waals surface area contributed by atoms with E-state index in [0.717, 1.165) is 0 Å². The number of aryl methyl sites for hydroxylation is 1. The minimum Gasteiger partial charge on any atom is -0.339 e. The van der Waals surface area contributed by atoms with Gasteiger partial charge in [0.15, 0.2) is 0 Å². The fourth-order valence-corrected chi connectivity index (χ4v) is 1.92. The minimum atomic E-state index is 0.130. The Morgan fingerprint density at radius 1 is 1.44 bits per heavy atom. The van der Waals surface area contributed by atoms with Gasteiger partial charge in [0.25, 0.3) is 0 Å². The molecule has 0 aromatic carbocycles. The van der Waals surface area contributed by atoms with Gasteiger partial charge >= 0.3 is 0 Å². The van der Waals surface area contributed by atoms with Crippen LogP contribution in [0.5, 0.6) is 0 Å². The van der Waals surface area contributed by atoms with E-state index in [0.29, 0.717) is 35.6 Å². The summed E-state index contributed by atoms with van der Waals surface area (Å²) in [6.45, 7) is 1.83. The summed E-state index contributed by atoms with van der Waals surface area (Å²) in [6.07, 6.45) is 4.76. The number of hydrogen-bond acceptors (Lipinski definition) is 6. The first-order valence-corrected chi connectivity index (χ1v) is 6.10. The summed E-state index contributed by atoms with van der Waals surface area (Å²) in [5, 5.41) is 3.93. The molecule has 0 radical (unpaired) electrons. The van der Waals surface area contributed by atoms with Crippen molar-refractivity contribution >= 4 is 0 Å². The summed E-state index contributed by atoms with van der Waals surface area (Å²) in [4.78, 5) is 12.6. The van der Waals surface area contributed by atoms with Crippen LogP contribution in [0.15, 0.2) is 16.8 Å². The first-order valence-electron chi connectivity index (χ1n) is 6.10. The van der Waals surface area contributed by atoms with Crippen molar-refractivity contribution in [3.05, 3.63) is 24.0 Å². The van der Waals surface area contributed by atoms with Crippen molar-refractivity contribution < 1.29 is 4.52 Å². The molecule has 1 atom stereocenters. The molecular weight excluding hydrogens is 230 g/mol. The maximum absolute atomic E-state index is 6.03. The molecule has 1 saturated carbocycles. The number of rotatable bonds is 4. The molecule has 1 aliphatic rings. The second kappa shape index (κ2) is 4.45. The maximum Gasteiger partial charge on any atom is 0.228 e. The highest BCUT2D eigenvalue weighted by molar-refractivity contribution is 5.46. The van der Waals surface area contributed by atoms with Gasteiger partial charge in [0.2, 0.25) is 11.7 Å². The standard InChI is InChI=1S/C12H15N5O/c1-7-14-5-4-10(15-7)12-16-11(18-17-12)6-9(13)8-2-3-8/h4-5,8-9H,2-3,6,13H2,1H3. The molecule has 0 saturated heterocycles. The minimum absolute atomic E-state index is 0.130. The summed E-state index contributed by atoms with van der Waals surface area (Å²) < 4.78 is 5.21. The van der Waals surface area contributed by atoms with Gasteiger partial charge in [-0.1, -0.05) is 5.16 Å². The fourth-order valence-electron chi connectivity index (χ4n) is 1.92. The van der Waals surface area contributed by atoms with Gasteiger partial charge in [-0.3, -0.25) is 0 Å². The lowest BCUT2D eigenvalue weighted by Gasteiger charge is -2.04. The Balaban J connectivity index is 1.76. The quantitative estimate of drug-likeness (QED) is 0.867. The van der Waals surface area contributed by atoms with E-state index in [1.165, 1.54) is 12.8 Å². The normalized spacial score (nSPS) is 16.8. The molecule has 0 amide bonds. The second-order valence-corrected chi connectivity index (χ2v) is 4.71. The zero-order valence-electron chi connectivity index (χ0n) is 10.2. The third-order valence-corrected chi connectivity index (χ3v) is 3.11. The Labute approximate surface area is 105 Å². The van der Waals surface area contributed by atoms with Gasteiger partial charge in [-0.15, -0.1) is 0 Å². The van der Waals surface area contributed by atoms with Crippen LogP contribution >= 0.6 is 0 Å². The molecule has 18 heavy (non-hydrogen) atoms. The largest absolute Gasteiger partial charge is 0.339 e. The Hall–Kier alpha value is -1.82. The zero-order valence-corrected chi connectivity index (χ0v) is 10.2. The number of aromatic nitrogens is 4. The molecule has 0 spiro atoms. The summed E-state index contributed by atoms with van der Waals surface area (Å²) >= 11 is 0. The first-order chi connectivity index (χ1) is 8.72. The van der Waals surface area contributed by atoms with Gasteiger partial charge in [-0.25, -0.2) is 9.97 Å². The van der Waals surface area contributed by atoms with Crippen LogP contribution in [0.2, 0.25) is 0 Å². The third kappa shape index (κ3) is 2.38. The van der Waals surface area contributed by atoms with Crippen molar-refractivity contribution in [2.24, 2.45) is 11.7 Å². The second-order valence-electron chi connectivity index (χ2n) is 4.71. The van der Waals surface area contributed by atoms with Gasteiger partial charge in [0.05, 0.1) is 0 Å². The first kappa shape index (κ1) is 11.3. The van der Waals surface area contributed by atoms with E-state index in [1.807, 2.05) is 6.92 Å². The van der Waals surface area contributed by atoms with Crippen LogP contribution in [0.1, 0.15) is 24.6 Å². The van der Waals surface area contributed by atoms with Gasteiger partial charge in [-0.05, 0) is 31.7 Å². The highest BCUT2D eigenvalue weighted by Crippen LogP contribution is 2.32. The van der Waals surface area contributed by atoms with Crippen molar-refractivity contribution in [2.75, 3.05) is 0 Å². The SMILES string of the molecule is Cc1nccc(-c2noc(CC(N)C3CC3)n2)n1. The average Bonchev–Trinajstić information content (AvgIpc) is 3.10. The smallest absolute Gasteiger partial charge is 0.228 e. The molecule has 2 aromatic heterocycles. The molecule has 2 N–H and O–H groups in total. The Bertz CT molecular complexity index is 549. The van der Waals surface area contributed by atoms with Crippen LogP contribution in [-0.4, -0.2) is 26.2 Å². The van der Waals surface area contributed by atoms with E-state index in [9.17, 15) is 0 Å². The number of nitrogens with zero attached hydrogens (tertiary/aromatic N) is 4. The van der Waals surface area contributed by atoms with E-state index >= 15 is 0 Å². The third-order valence-electron chi connectivity index (χ3n) is 3.11. The number of hydrogen-bond donors (Lipinski definition) is 1. The maximum atomic E-state index is 6.03. The number of nitrogens with two attached hydrogens (primary N) is 1. The fraction of sp³-hybridized carbons (Fsp3) is 0.500. The Kier molecular flexibility index (Phi) is 2.79. The molecule has 94 valence electrons. The lowest BCUT2D eigenvalue weighted by molar-refractivity contribution is 0.363. The Morgan fingerprint density at radius 3 is 3.00 bits per heavy atom. The summed E-state index contributed by atoms with van der Waals surface area (Å²) in [6, 6.07) is 1.90. The average molecular weight is 245 g/mol. The van der Waals surface area contributed by atoms with Crippen LogP contribution < -0.4 is 5.73 Å². The molecule has 0 aliphatic heterocycles. The van der Waals surface area contributed by atoms with Gasteiger partial charge < -0.3 is 10.3 Å². The molecule has 0 bridgehead atoms. The van der Waals surface area contributed by atoms with Crippen molar-refractivity contribution in [1.82, 2.24) is 20.1 Å². The van der Waals surface area contributed by atoms with Gasteiger partial charge in [0, 0.05) is 18.7 Å². The molecule has 1 aliphatic carbocycles. The molecule has 1 unspecified atom stereocenters. The highest BCUT2D eigenvalue weighted by atomic mass is 16.5. The molecule has 2 heterocycles. The summed E-state index contributed by atoms with van der Waals surface area (Å²) in [7, 11) is 0. The topological polar surface area (TPSA) is 90.7 Å². The van der Waals surface area contributed by atoms with Crippen molar-refractivity contribution in [3.8, 4) is 11.5 Å². The predicted octanol–water partition coefficient (Wildman–Crippen LogP) is 1.11. The van der Waals surface area contributed by atoms with Crippen LogP contribution in [0.4, 0.5) is 0 Å². The van der Waals surface area contributed by atoms with Crippen molar-refractivity contribution in [1.29, 1.82) is 0 Å². The van der Waals surface area contributed by atoms with Crippen LogP contribution in [0, 0.1) is 12.8 Å². The lowest BCUT2D eigenvalue weighted by Crippen LogP contribution is -2.25. The van der Waals surface area contributed by atoms with Gasteiger partial charge in [-0.2, -0.15) is 4.98 Å². The van der Waals surface area contributed by atoms with Crippen LogP contribution in [-0.2, 0) is 6.42 Å². The van der Waals surface area contributed by atoms with E-state index in [1.54, 1.807) is 12.3 Å². The summed E-state index contributed by atoms with van der Waals surface area (Å²) in [5.74, 6) is 2.40. The van der Waals surface area contributed by atoms with Crippen molar-refractivity contribution in [2.45, 2.75) is 32.2 Å². The summed E-state index contributed by atoms with van der Waals surface area (Å²) in [5.41, 5.74) is 6.71. The van der Waals surface area contributed by atoms with E-state index in [-0.39, 0.29) is 6.04 Å².